The fourth-order valence-corrected chi connectivity index (χ4v) is 4.13. The van der Waals surface area contributed by atoms with Crippen LogP contribution < -0.4 is 0 Å². The van der Waals surface area contributed by atoms with Crippen molar-refractivity contribution in [3.8, 4) is 11.3 Å². The van der Waals surface area contributed by atoms with E-state index in [1.807, 2.05) is 53.8 Å². The number of fused-ring (bicyclic) bond motifs is 1. The molecule has 146 valence electrons. The van der Waals surface area contributed by atoms with Crippen LogP contribution in [0, 0.1) is 5.92 Å². The molecule has 0 bridgehead atoms. The first-order valence-corrected chi connectivity index (χ1v) is 9.93. The molecule has 5 rings (SSSR count). The highest BCUT2D eigenvalue weighted by Gasteiger charge is 2.27. The van der Waals surface area contributed by atoms with Crippen LogP contribution in [0.1, 0.15) is 23.2 Å². The number of hydrogen-bond donors (Lipinski definition) is 0. The van der Waals surface area contributed by atoms with Crippen molar-refractivity contribution >= 4 is 11.6 Å². The first-order valence-electron chi connectivity index (χ1n) is 9.93. The van der Waals surface area contributed by atoms with Crippen molar-refractivity contribution < 1.29 is 4.79 Å². The van der Waals surface area contributed by atoms with Gasteiger partial charge < -0.3 is 9.47 Å². The molecule has 1 aliphatic heterocycles. The first-order chi connectivity index (χ1) is 14.3. The third-order valence-electron chi connectivity index (χ3n) is 5.54. The van der Waals surface area contributed by atoms with Gasteiger partial charge in [-0.2, -0.15) is 5.10 Å². The number of carbonyl (C=O) groups excluding carboxylic acids is 1. The molecule has 7 heteroatoms. The van der Waals surface area contributed by atoms with Gasteiger partial charge in [0.15, 0.2) is 5.65 Å². The maximum atomic E-state index is 13.3. The molecule has 7 nitrogen and oxygen atoms in total. The Kier molecular flexibility index (Phi) is 4.56. The second-order valence-corrected chi connectivity index (χ2v) is 7.51. The van der Waals surface area contributed by atoms with Gasteiger partial charge in [-0.05, 0) is 24.8 Å². The Bertz CT molecular complexity index is 1120. The summed E-state index contributed by atoms with van der Waals surface area (Å²) in [6.45, 7) is 2.40. The Hall–Kier alpha value is -3.48. The molecule has 0 radical (unpaired) electrons. The van der Waals surface area contributed by atoms with E-state index in [1.54, 1.807) is 23.1 Å². The monoisotopic (exact) mass is 386 g/mol. The molecule has 0 spiro atoms. The number of carbonyl (C=O) groups is 1. The summed E-state index contributed by atoms with van der Waals surface area (Å²) in [6.07, 6.45) is 11.1. The number of imidazole rings is 1. The van der Waals surface area contributed by atoms with Crippen molar-refractivity contribution in [3.05, 3.63) is 73.1 Å². The zero-order chi connectivity index (χ0) is 19.6. The van der Waals surface area contributed by atoms with Gasteiger partial charge in [0.05, 0.1) is 18.2 Å². The smallest absolute Gasteiger partial charge is 0.259 e. The van der Waals surface area contributed by atoms with Crippen LogP contribution in [0.3, 0.4) is 0 Å². The Balaban J connectivity index is 1.41. The molecule has 1 amide bonds. The molecule has 0 aliphatic carbocycles. The van der Waals surface area contributed by atoms with Crippen molar-refractivity contribution in [1.29, 1.82) is 0 Å². The first kappa shape index (κ1) is 17.6. The van der Waals surface area contributed by atoms with Crippen LogP contribution in [-0.4, -0.2) is 48.0 Å². The predicted octanol–water partition coefficient (Wildman–Crippen LogP) is 3.15. The molecule has 0 N–H and O–H groups in total. The standard InChI is InChI=1S/C22H22N6O/c29-22(27-11-4-5-17(15-27)14-26-12-10-23-16-26)19-13-25-28-20(8-9-24-21(19)28)18-6-2-1-3-7-18/h1-3,6-10,12-13,16-17H,4-5,11,14-15H2/t17-/m1/s1. The molecule has 4 heterocycles. The minimum atomic E-state index is 0.00745. The summed E-state index contributed by atoms with van der Waals surface area (Å²) >= 11 is 0. The largest absolute Gasteiger partial charge is 0.338 e. The van der Waals surface area contributed by atoms with E-state index >= 15 is 0 Å². The molecule has 0 unspecified atom stereocenters. The maximum Gasteiger partial charge on any atom is 0.259 e. The average Bonchev–Trinajstić information content (AvgIpc) is 3.44. The maximum absolute atomic E-state index is 13.3. The zero-order valence-electron chi connectivity index (χ0n) is 16.1. The quantitative estimate of drug-likeness (QED) is 0.540. The van der Waals surface area contributed by atoms with Gasteiger partial charge in [-0.3, -0.25) is 4.79 Å². The normalized spacial score (nSPS) is 17.0. The molecular weight excluding hydrogens is 364 g/mol. The van der Waals surface area contributed by atoms with Crippen LogP contribution in [0.2, 0.25) is 0 Å². The Morgan fingerprint density at radius 3 is 2.86 bits per heavy atom. The van der Waals surface area contributed by atoms with Crippen molar-refractivity contribution in [3.63, 3.8) is 0 Å². The minimum Gasteiger partial charge on any atom is -0.338 e. The van der Waals surface area contributed by atoms with Gasteiger partial charge in [-0.25, -0.2) is 14.5 Å². The van der Waals surface area contributed by atoms with Gasteiger partial charge in [0.25, 0.3) is 5.91 Å². The number of amides is 1. The summed E-state index contributed by atoms with van der Waals surface area (Å²) in [5.41, 5.74) is 3.13. The van der Waals surface area contributed by atoms with E-state index in [0.717, 1.165) is 43.7 Å². The van der Waals surface area contributed by atoms with Crippen LogP contribution in [0.4, 0.5) is 0 Å². The van der Waals surface area contributed by atoms with Crippen molar-refractivity contribution in [2.75, 3.05) is 13.1 Å². The van der Waals surface area contributed by atoms with E-state index in [2.05, 4.69) is 19.6 Å². The highest BCUT2D eigenvalue weighted by atomic mass is 16.2. The number of hydrogen-bond acceptors (Lipinski definition) is 4. The van der Waals surface area contributed by atoms with Gasteiger partial charge in [-0.15, -0.1) is 0 Å². The third-order valence-corrected chi connectivity index (χ3v) is 5.54. The lowest BCUT2D eigenvalue weighted by Crippen LogP contribution is -2.41. The number of piperidine rings is 1. The zero-order valence-corrected chi connectivity index (χ0v) is 16.1. The Morgan fingerprint density at radius 2 is 2.03 bits per heavy atom. The van der Waals surface area contributed by atoms with Crippen LogP contribution in [0.25, 0.3) is 16.9 Å². The lowest BCUT2D eigenvalue weighted by Gasteiger charge is -2.32. The molecule has 1 aromatic carbocycles. The topological polar surface area (TPSA) is 68.3 Å². The average molecular weight is 386 g/mol. The number of aromatic nitrogens is 5. The summed E-state index contributed by atoms with van der Waals surface area (Å²) in [4.78, 5) is 23.8. The predicted molar refractivity (Wildman–Crippen MR) is 109 cm³/mol. The molecule has 0 saturated carbocycles. The van der Waals surface area contributed by atoms with Crippen LogP contribution in [-0.2, 0) is 6.54 Å². The molecule has 1 fully saturated rings. The fourth-order valence-electron chi connectivity index (χ4n) is 4.13. The summed E-state index contributed by atoms with van der Waals surface area (Å²) < 4.78 is 3.84. The van der Waals surface area contributed by atoms with Crippen LogP contribution in [0.15, 0.2) is 67.5 Å². The number of likely N-dealkylation sites (tertiary alicyclic amines) is 1. The summed E-state index contributed by atoms with van der Waals surface area (Å²) in [5, 5.41) is 4.49. The number of benzene rings is 1. The molecule has 4 aromatic rings. The summed E-state index contributed by atoms with van der Waals surface area (Å²) in [5.74, 6) is 0.435. The SMILES string of the molecule is O=C(c1cnn2c(-c3ccccc3)ccnc12)N1CCC[C@H](Cn2ccnc2)C1. The lowest BCUT2D eigenvalue weighted by molar-refractivity contribution is 0.0664. The van der Waals surface area contributed by atoms with E-state index in [-0.39, 0.29) is 5.91 Å². The van der Waals surface area contributed by atoms with E-state index in [0.29, 0.717) is 17.1 Å². The summed E-state index contributed by atoms with van der Waals surface area (Å²) in [7, 11) is 0. The van der Waals surface area contributed by atoms with E-state index in [9.17, 15) is 4.79 Å². The van der Waals surface area contributed by atoms with E-state index in [4.69, 9.17) is 0 Å². The number of rotatable bonds is 4. The fraction of sp³-hybridized carbons (Fsp3) is 0.273. The van der Waals surface area contributed by atoms with E-state index < -0.39 is 0 Å². The molecule has 1 saturated heterocycles. The molecule has 29 heavy (non-hydrogen) atoms. The minimum absolute atomic E-state index is 0.00745. The lowest BCUT2D eigenvalue weighted by atomic mass is 9.97. The Labute approximate surface area is 168 Å². The van der Waals surface area contributed by atoms with Crippen molar-refractivity contribution in [2.24, 2.45) is 5.92 Å². The molecule has 3 aromatic heterocycles. The van der Waals surface area contributed by atoms with Gasteiger partial charge in [0.2, 0.25) is 0 Å². The van der Waals surface area contributed by atoms with Crippen molar-refractivity contribution in [2.45, 2.75) is 19.4 Å². The molecule has 1 aliphatic rings. The second-order valence-electron chi connectivity index (χ2n) is 7.51. The van der Waals surface area contributed by atoms with Gasteiger partial charge >= 0.3 is 0 Å². The van der Waals surface area contributed by atoms with Gasteiger partial charge in [-0.1, -0.05) is 30.3 Å². The highest BCUT2D eigenvalue weighted by molar-refractivity contribution is 6.00. The van der Waals surface area contributed by atoms with Gasteiger partial charge in [0, 0.05) is 43.8 Å². The van der Waals surface area contributed by atoms with Crippen LogP contribution >= 0.6 is 0 Å². The Morgan fingerprint density at radius 1 is 1.14 bits per heavy atom. The highest BCUT2D eigenvalue weighted by Crippen LogP contribution is 2.24. The van der Waals surface area contributed by atoms with E-state index in [1.165, 1.54) is 0 Å². The second kappa shape index (κ2) is 7.50. The molecular formula is C22H22N6O. The van der Waals surface area contributed by atoms with Crippen LogP contribution in [0.5, 0.6) is 0 Å². The molecule has 1 atom stereocenters. The van der Waals surface area contributed by atoms with Crippen molar-refractivity contribution in [1.82, 2.24) is 29.0 Å². The summed E-state index contributed by atoms with van der Waals surface area (Å²) in [6, 6.07) is 11.9. The third kappa shape index (κ3) is 3.40. The van der Waals surface area contributed by atoms with Gasteiger partial charge in [0.1, 0.15) is 5.56 Å². The number of nitrogens with zero attached hydrogens (tertiary/aromatic N) is 6.